The standard InChI is InChI=1S/C27H18F3N9O2/c28-27(29,30)18-6-9-22(38-12-2-11-34-38)21(13-18)37-25(40)36-19-14-32-26(33-15-19)41-20-7-4-17(5-8-20)23-16-31-24-3-1-10-35-39(23)24/h1-16H,(H2,36,37,40). The average Bonchev–Trinajstić information content (AvgIpc) is 3.65. The van der Waals surface area contributed by atoms with Gasteiger partial charge in [0.1, 0.15) is 5.75 Å². The third-order valence-corrected chi connectivity index (χ3v) is 5.85. The van der Waals surface area contributed by atoms with Crippen LogP contribution in [0.5, 0.6) is 11.8 Å². The number of hydrogen-bond donors (Lipinski definition) is 2. The van der Waals surface area contributed by atoms with Gasteiger partial charge in [-0.15, -0.1) is 0 Å². The lowest BCUT2D eigenvalue weighted by Crippen LogP contribution is -2.21. The Balaban J connectivity index is 1.12. The lowest BCUT2D eigenvalue weighted by molar-refractivity contribution is -0.137. The molecule has 0 radical (unpaired) electrons. The normalized spacial score (nSPS) is 11.4. The number of nitrogens with one attached hydrogen (secondary N) is 2. The quantitative estimate of drug-likeness (QED) is 0.264. The fourth-order valence-electron chi connectivity index (χ4n) is 3.97. The Morgan fingerprint density at radius 3 is 2.37 bits per heavy atom. The van der Waals surface area contributed by atoms with Crippen LogP contribution in [-0.2, 0) is 6.18 Å². The van der Waals surface area contributed by atoms with E-state index < -0.39 is 17.8 Å². The van der Waals surface area contributed by atoms with Gasteiger partial charge in [0.05, 0.1) is 46.9 Å². The van der Waals surface area contributed by atoms with Crippen molar-refractivity contribution in [3.8, 4) is 28.7 Å². The fourth-order valence-corrected chi connectivity index (χ4v) is 3.97. The van der Waals surface area contributed by atoms with Crippen molar-refractivity contribution in [3.63, 3.8) is 0 Å². The zero-order chi connectivity index (χ0) is 28.4. The lowest BCUT2D eigenvalue weighted by atomic mass is 10.1. The summed E-state index contributed by atoms with van der Waals surface area (Å²) in [6, 6.07) is 14.7. The van der Waals surface area contributed by atoms with Gasteiger partial charge in [-0.1, -0.05) is 0 Å². The number of imidazole rings is 1. The number of halogens is 3. The average molecular weight is 557 g/mol. The smallest absolute Gasteiger partial charge is 0.416 e. The van der Waals surface area contributed by atoms with Crippen molar-refractivity contribution in [1.82, 2.24) is 34.3 Å². The molecule has 2 N–H and O–H groups in total. The van der Waals surface area contributed by atoms with Gasteiger partial charge >= 0.3 is 18.2 Å². The molecule has 204 valence electrons. The van der Waals surface area contributed by atoms with Crippen LogP contribution < -0.4 is 15.4 Å². The molecular formula is C27H18F3N9O2. The van der Waals surface area contributed by atoms with Gasteiger partial charge in [0.15, 0.2) is 5.65 Å². The van der Waals surface area contributed by atoms with Gasteiger partial charge in [-0.05, 0) is 60.7 Å². The Hall–Kier alpha value is -5.79. The maximum Gasteiger partial charge on any atom is 0.416 e. The van der Waals surface area contributed by atoms with Crippen LogP contribution in [0.3, 0.4) is 0 Å². The molecule has 2 aromatic carbocycles. The summed E-state index contributed by atoms with van der Waals surface area (Å²) in [5, 5.41) is 13.3. The number of urea groups is 1. The zero-order valence-electron chi connectivity index (χ0n) is 20.8. The van der Waals surface area contributed by atoms with Crippen LogP contribution in [0.4, 0.5) is 29.3 Å². The molecule has 11 nitrogen and oxygen atoms in total. The number of amides is 2. The number of anilines is 2. The number of benzene rings is 2. The van der Waals surface area contributed by atoms with Gasteiger partial charge < -0.3 is 15.4 Å². The van der Waals surface area contributed by atoms with E-state index in [1.807, 2.05) is 24.3 Å². The Morgan fingerprint density at radius 2 is 1.63 bits per heavy atom. The second kappa shape index (κ2) is 10.4. The minimum Gasteiger partial charge on any atom is -0.424 e. The van der Waals surface area contributed by atoms with E-state index in [9.17, 15) is 18.0 Å². The molecule has 14 heteroatoms. The van der Waals surface area contributed by atoms with Crippen molar-refractivity contribution in [1.29, 1.82) is 0 Å². The highest BCUT2D eigenvalue weighted by molar-refractivity contribution is 6.00. The minimum absolute atomic E-state index is 0.0269. The SMILES string of the molecule is O=C(Nc1cnc(Oc2ccc(-c3cnc4cccnn34)cc2)nc1)Nc1cc(C(F)(F)F)ccc1-n1cccn1. The molecule has 6 rings (SSSR count). The van der Waals surface area contributed by atoms with Crippen molar-refractivity contribution < 1.29 is 22.7 Å². The highest BCUT2D eigenvalue weighted by Crippen LogP contribution is 2.33. The minimum atomic E-state index is -4.59. The van der Waals surface area contributed by atoms with Gasteiger partial charge in [-0.25, -0.2) is 28.9 Å². The zero-order valence-corrected chi connectivity index (χ0v) is 20.8. The molecule has 4 aromatic heterocycles. The number of carbonyl (C=O) groups is 1. The van der Waals surface area contributed by atoms with Crippen molar-refractivity contribution in [2.75, 3.05) is 10.6 Å². The van der Waals surface area contributed by atoms with Crippen LogP contribution in [0, 0.1) is 0 Å². The largest absolute Gasteiger partial charge is 0.424 e. The first-order chi connectivity index (χ1) is 19.8. The molecule has 41 heavy (non-hydrogen) atoms. The summed E-state index contributed by atoms with van der Waals surface area (Å²) in [7, 11) is 0. The molecule has 0 aliphatic rings. The highest BCUT2D eigenvalue weighted by atomic mass is 19.4. The van der Waals surface area contributed by atoms with Gasteiger partial charge in [-0.3, -0.25) is 0 Å². The van der Waals surface area contributed by atoms with Crippen LogP contribution >= 0.6 is 0 Å². The third kappa shape index (κ3) is 5.52. The molecule has 0 aliphatic carbocycles. The second-order valence-electron chi connectivity index (χ2n) is 8.58. The summed E-state index contributed by atoms with van der Waals surface area (Å²) in [5.74, 6) is 0.477. The van der Waals surface area contributed by atoms with Crippen LogP contribution in [-0.4, -0.2) is 40.4 Å². The van der Waals surface area contributed by atoms with Crippen molar-refractivity contribution in [2.45, 2.75) is 6.18 Å². The molecule has 0 saturated carbocycles. The molecule has 0 aliphatic heterocycles. The number of fused-ring (bicyclic) bond motifs is 1. The second-order valence-corrected chi connectivity index (χ2v) is 8.58. The number of ether oxygens (including phenoxy) is 1. The summed E-state index contributed by atoms with van der Waals surface area (Å²) in [5.41, 5.74) is 1.86. The van der Waals surface area contributed by atoms with E-state index in [2.05, 4.69) is 35.8 Å². The maximum absolute atomic E-state index is 13.3. The number of hydrogen-bond acceptors (Lipinski definition) is 7. The van der Waals surface area contributed by atoms with Crippen LogP contribution in [0.1, 0.15) is 5.56 Å². The van der Waals surface area contributed by atoms with E-state index >= 15 is 0 Å². The molecule has 2 amide bonds. The molecular weight excluding hydrogens is 539 g/mol. The molecule has 4 heterocycles. The highest BCUT2D eigenvalue weighted by Gasteiger charge is 2.31. The van der Waals surface area contributed by atoms with Crippen molar-refractivity contribution in [2.24, 2.45) is 0 Å². The Kier molecular flexibility index (Phi) is 6.47. The number of rotatable bonds is 6. The van der Waals surface area contributed by atoms with E-state index in [1.165, 1.54) is 29.3 Å². The van der Waals surface area contributed by atoms with Gasteiger partial charge in [0, 0.05) is 24.2 Å². The van der Waals surface area contributed by atoms with E-state index in [-0.39, 0.29) is 23.1 Å². The molecule has 0 spiro atoms. The number of aromatic nitrogens is 7. The van der Waals surface area contributed by atoms with Gasteiger partial charge in [0.25, 0.3) is 0 Å². The number of carbonyl (C=O) groups excluding carboxylic acids is 1. The Labute approximate surface area is 229 Å². The van der Waals surface area contributed by atoms with Crippen LogP contribution in [0.2, 0.25) is 0 Å². The fraction of sp³-hybridized carbons (Fsp3) is 0.0370. The van der Waals surface area contributed by atoms with Gasteiger partial charge in [-0.2, -0.15) is 23.4 Å². The summed E-state index contributed by atoms with van der Waals surface area (Å²) >= 11 is 0. The third-order valence-electron chi connectivity index (χ3n) is 5.85. The lowest BCUT2D eigenvalue weighted by Gasteiger charge is -2.15. The van der Waals surface area contributed by atoms with E-state index in [1.54, 1.807) is 41.3 Å². The van der Waals surface area contributed by atoms with Crippen LogP contribution in [0.25, 0.3) is 22.6 Å². The molecule has 0 atom stereocenters. The van der Waals surface area contributed by atoms with Crippen molar-refractivity contribution >= 4 is 23.1 Å². The molecule has 0 unspecified atom stereocenters. The van der Waals surface area contributed by atoms with Crippen molar-refractivity contribution in [3.05, 3.63) is 103 Å². The number of nitrogens with zero attached hydrogens (tertiary/aromatic N) is 7. The maximum atomic E-state index is 13.3. The first-order valence-electron chi connectivity index (χ1n) is 12.0. The first kappa shape index (κ1) is 25.5. The summed E-state index contributed by atoms with van der Waals surface area (Å²) in [6.07, 6.45) is 4.44. The topological polar surface area (TPSA) is 124 Å². The summed E-state index contributed by atoms with van der Waals surface area (Å²) in [6.45, 7) is 0. The Morgan fingerprint density at radius 1 is 0.854 bits per heavy atom. The molecule has 0 fully saturated rings. The monoisotopic (exact) mass is 557 g/mol. The van der Waals surface area contributed by atoms with E-state index in [4.69, 9.17) is 4.74 Å². The molecule has 0 saturated heterocycles. The summed E-state index contributed by atoms with van der Waals surface area (Å²) in [4.78, 5) is 25.1. The van der Waals surface area contributed by atoms with E-state index in [0.29, 0.717) is 5.75 Å². The number of alkyl halides is 3. The van der Waals surface area contributed by atoms with E-state index in [0.717, 1.165) is 29.0 Å². The van der Waals surface area contributed by atoms with Gasteiger partial charge in [0.2, 0.25) is 0 Å². The molecule has 0 bridgehead atoms. The van der Waals surface area contributed by atoms with Crippen LogP contribution in [0.15, 0.2) is 97.8 Å². The molecule has 6 aromatic rings. The first-order valence-corrected chi connectivity index (χ1v) is 12.0. The Bertz CT molecular complexity index is 1820. The predicted molar refractivity (Wildman–Crippen MR) is 142 cm³/mol. The summed E-state index contributed by atoms with van der Waals surface area (Å²) < 4.78 is 48.6. The predicted octanol–water partition coefficient (Wildman–Crippen LogP) is 5.83.